The lowest BCUT2D eigenvalue weighted by molar-refractivity contribution is -0.126. The second-order valence-corrected chi connectivity index (χ2v) is 10.2. The zero-order valence-electron chi connectivity index (χ0n) is 18.6. The highest BCUT2D eigenvalue weighted by Crippen LogP contribution is 2.23. The summed E-state index contributed by atoms with van der Waals surface area (Å²) in [4.78, 5) is 16.4. The predicted octanol–water partition coefficient (Wildman–Crippen LogP) is 3.50. The van der Waals surface area contributed by atoms with Gasteiger partial charge in [-0.3, -0.25) is 9.78 Å². The molecule has 0 radical (unpaired) electrons. The summed E-state index contributed by atoms with van der Waals surface area (Å²) < 4.78 is 70.6. The van der Waals surface area contributed by atoms with Gasteiger partial charge in [-0.1, -0.05) is 12.1 Å². The second-order valence-electron chi connectivity index (χ2n) is 8.52. The van der Waals surface area contributed by atoms with Crippen LogP contribution < -0.4 is 15.4 Å². The molecule has 3 aromatic rings. The van der Waals surface area contributed by atoms with Gasteiger partial charge in [-0.05, 0) is 55.5 Å². The van der Waals surface area contributed by atoms with Crippen molar-refractivity contribution in [3.8, 4) is 0 Å². The Morgan fingerprint density at radius 3 is 2.40 bits per heavy atom. The van der Waals surface area contributed by atoms with Gasteiger partial charge in [0.1, 0.15) is 0 Å². The zero-order chi connectivity index (χ0) is 25.1. The van der Waals surface area contributed by atoms with Crippen molar-refractivity contribution in [2.24, 2.45) is 0 Å². The van der Waals surface area contributed by atoms with Crippen LogP contribution in [-0.4, -0.2) is 44.1 Å². The highest BCUT2D eigenvalue weighted by molar-refractivity contribution is 7.89. The number of hydrogen-bond acceptors (Lipinski definition) is 6. The zero-order valence-corrected chi connectivity index (χ0v) is 19.5. The van der Waals surface area contributed by atoms with Crippen LogP contribution in [0, 0.1) is 0 Å². The van der Waals surface area contributed by atoms with Gasteiger partial charge in [0.05, 0.1) is 17.6 Å². The number of aromatic nitrogens is 1. The van der Waals surface area contributed by atoms with E-state index in [1.54, 1.807) is 30.5 Å². The molecule has 1 fully saturated rings. The molecule has 2 heterocycles. The third-order valence-electron chi connectivity index (χ3n) is 5.87. The maximum absolute atomic E-state index is 12.7. The van der Waals surface area contributed by atoms with E-state index >= 15 is 0 Å². The Kier molecular flexibility index (Phi) is 7.43. The molecule has 1 aliphatic rings. The molecule has 2 aromatic heterocycles. The van der Waals surface area contributed by atoms with Gasteiger partial charge in [0.25, 0.3) is 5.91 Å². The summed E-state index contributed by atoms with van der Waals surface area (Å²) in [6.07, 6.45) is 0.694. The molecule has 0 unspecified atom stereocenters. The van der Waals surface area contributed by atoms with E-state index in [2.05, 4.69) is 20.3 Å². The molecular weight excluding hydrogens is 485 g/mol. The largest absolute Gasteiger partial charge is 0.449 e. The first-order valence-corrected chi connectivity index (χ1v) is 12.6. The minimum absolute atomic E-state index is 0.0784. The summed E-state index contributed by atoms with van der Waals surface area (Å²) in [5, 5.41) is 5.97. The minimum atomic E-state index is -4.27. The number of halogens is 3. The number of rotatable bonds is 8. The number of fused-ring (bicyclic) bond motifs is 1. The fraction of sp³-hybridized carbons (Fsp3) is 0.391. The average molecular weight is 511 g/mol. The SMILES string of the molecule is O=C(NCc1ccc(S(=O)(=O)N[C@H]2CC[C@H](NCC(F)(F)F)CC2)cc1)c1cc2ccncc2o1. The number of alkyl halides is 3. The van der Waals surface area contributed by atoms with Crippen LogP contribution in [0.2, 0.25) is 0 Å². The third-order valence-corrected chi connectivity index (χ3v) is 7.41. The minimum Gasteiger partial charge on any atom is -0.449 e. The normalized spacial score (nSPS) is 19.1. The Hall–Kier alpha value is -2.96. The topological polar surface area (TPSA) is 113 Å². The number of sulfonamides is 1. The number of amides is 1. The summed E-state index contributed by atoms with van der Waals surface area (Å²) in [7, 11) is -3.78. The average Bonchev–Trinajstić information content (AvgIpc) is 3.26. The monoisotopic (exact) mass is 510 g/mol. The van der Waals surface area contributed by atoms with Gasteiger partial charge in [-0.25, -0.2) is 13.1 Å². The lowest BCUT2D eigenvalue weighted by Crippen LogP contribution is -2.44. The van der Waals surface area contributed by atoms with Crippen molar-refractivity contribution in [2.45, 2.75) is 55.4 Å². The van der Waals surface area contributed by atoms with Crippen LogP contribution in [0.4, 0.5) is 13.2 Å². The van der Waals surface area contributed by atoms with E-state index in [0.717, 1.165) is 5.39 Å². The highest BCUT2D eigenvalue weighted by Gasteiger charge is 2.30. The molecule has 0 atom stereocenters. The van der Waals surface area contributed by atoms with E-state index in [1.165, 1.54) is 18.3 Å². The molecule has 35 heavy (non-hydrogen) atoms. The summed E-state index contributed by atoms with van der Waals surface area (Å²) in [5.74, 6) is -0.250. The summed E-state index contributed by atoms with van der Waals surface area (Å²) in [6, 6.07) is 8.86. The summed E-state index contributed by atoms with van der Waals surface area (Å²) >= 11 is 0. The number of furan rings is 1. The van der Waals surface area contributed by atoms with Gasteiger partial charge in [0.15, 0.2) is 11.3 Å². The van der Waals surface area contributed by atoms with Gasteiger partial charge < -0.3 is 15.1 Å². The molecule has 0 aliphatic heterocycles. The fourth-order valence-corrected chi connectivity index (χ4v) is 5.32. The Bertz CT molecular complexity index is 1230. The van der Waals surface area contributed by atoms with Crippen molar-refractivity contribution in [3.05, 3.63) is 60.1 Å². The standard InChI is InChI=1S/C23H25F3N4O4S/c24-23(25,26)14-29-17-3-5-18(6-4-17)30-35(32,33)19-7-1-15(2-8-19)12-28-22(31)20-11-16-9-10-27-13-21(16)34-20/h1-2,7-11,13,17-18,29-30H,3-6,12,14H2,(H,28,31)/t17-,18-. The fourth-order valence-electron chi connectivity index (χ4n) is 4.02. The molecule has 0 saturated heterocycles. The van der Waals surface area contributed by atoms with Crippen LogP contribution in [0.5, 0.6) is 0 Å². The molecule has 0 bridgehead atoms. The molecule has 188 valence electrons. The number of nitrogens with one attached hydrogen (secondary N) is 3. The first-order valence-electron chi connectivity index (χ1n) is 11.1. The quantitative estimate of drug-likeness (QED) is 0.428. The molecule has 0 spiro atoms. The Morgan fingerprint density at radius 1 is 1.06 bits per heavy atom. The van der Waals surface area contributed by atoms with Gasteiger partial charge in [0.2, 0.25) is 10.0 Å². The maximum atomic E-state index is 12.7. The van der Waals surface area contributed by atoms with Crippen molar-refractivity contribution in [1.82, 2.24) is 20.3 Å². The van der Waals surface area contributed by atoms with Crippen molar-refractivity contribution >= 4 is 26.9 Å². The first-order chi connectivity index (χ1) is 16.6. The van der Waals surface area contributed by atoms with Crippen molar-refractivity contribution < 1.29 is 30.8 Å². The van der Waals surface area contributed by atoms with Crippen LogP contribution >= 0.6 is 0 Å². The number of hydrogen-bond donors (Lipinski definition) is 3. The molecule has 3 N–H and O–H groups in total. The predicted molar refractivity (Wildman–Crippen MR) is 122 cm³/mol. The smallest absolute Gasteiger partial charge is 0.401 e. The van der Waals surface area contributed by atoms with Crippen molar-refractivity contribution in [3.63, 3.8) is 0 Å². The molecule has 12 heteroatoms. The lowest BCUT2D eigenvalue weighted by atomic mass is 9.92. The number of pyridine rings is 1. The molecule has 1 aliphatic carbocycles. The van der Waals surface area contributed by atoms with Gasteiger partial charge in [-0.15, -0.1) is 0 Å². The first kappa shape index (κ1) is 25.1. The van der Waals surface area contributed by atoms with Crippen molar-refractivity contribution in [1.29, 1.82) is 0 Å². The van der Waals surface area contributed by atoms with Crippen LogP contribution in [0.3, 0.4) is 0 Å². The Morgan fingerprint density at radius 2 is 1.74 bits per heavy atom. The van der Waals surface area contributed by atoms with E-state index in [0.29, 0.717) is 36.8 Å². The maximum Gasteiger partial charge on any atom is 0.401 e. The Balaban J connectivity index is 1.27. The number of carbonyl (C=O) groups is 1. The van der Waals surface area contributed by atoms with Crippen LogP contribution in [0.25, 0.3) is 11.0 Å². The summed E-state index contributed by atoms with van der Waals surface area (Å²) in [6.45, 7) is -0.868. The van der Waals surface area contributed by atoms with Gasteiger partial charge in [-0.2, -0.15) is 13.2 Å². The molecule has 1 aromatic carbocycles. The highest BCUT2D eigenvalue weighted by atomic mass is 32.2. The van der Waals surface area contributed by atoms with Gasteiger partial charge >= 0.3 is 6.18 Å². The van der Waals surface area contributed by atoms with Crippen LogP contribution in [-0.2, 0) is 16.6 Å². The third kappa shape index (κ3) is 6.80. The molecule has 1 saturated carbocycles. The van der Waals surface area contributed by atoms with Crippen LogP contribution in [0.1, 0.15) is 41.8 Å². The van der Waals surface area contributed by atoms with E-state index in [9.17, 15) is 26.4 Å². The molecule has 8 nitrogen and oxygen atoms in total. The van der Waals surface area contributed by atoms with E-state index in [1.807, 2.05) is 0 Å². The summed E-state index contributed by atoms with van der Waals surface area (Å²) in [5.41, 5.74) is 1.21. The molecule has 1 amide bonds. The number of benzene rings is 1. The van der Waals surface area contributed by atoms with E-state index in [-0.39, 0.29) is 29.3 Å². The molecular formula is C23H25F3N4O4S. The number of carbonyl (C=O) groups excluding carboxylic acids is 1. The molecule has 4 rings (SSSR count). The lowest BCUT2D eigenvalue weighted by Gasteiger charge is -2.29. The number of nitrogens with zero attached hydrogens (tertiary/aromatic N) is 1. The van der Waals surface area contributed by atoms with Crippen molar-refractivity contribution in [2.75, 3.05) is 6.54 Å². The van der Waals surface area contributed by atoms with E-state index in [4.69, 9.17) is 4.42 Å². The van der Waals surface area contributed by atoms with Gasteiger partial charge in [0, 0.05) is 30.2 Å². The second kappa shape index (κ2) is 10.3. The van der Waals surface area contributed by atoms with E-state index < -0.39 is 28.7 Å². The van der Waals surface area contributed by atoms with Crippen LogP contribution in [0.15, 0.2) is 58.1 Å². The Labute approximate surface area is 200 Å².